The van der Waals surface area contributed by atoms with E-state index in [1.165, 1.54) is 18.8 Å². The number of hydrogen-bond acceptors (Lipinski definition) is 7. The second kappa shape index (κ2) is 10.6. The molecule has 1 saturated carbocycles. The molecule has 0 bridgehead atoms. The number of nitrogen functional groups attached to an aromatic ring is 1. The molecule has 0 radical (unpaired) electrons. The monoisotopic (exact) mass is 460 g/mol. The second-order valence-electron chi connectivity index (χ2n) is 8.02. The number of nitrogens with zero attached hydrogens (tertiary/aromatic N) is 4. The zero-order valence-electron chi connectivity index (χ0n) is 18.5. The van der Waals surface area contributed by atoms with Gasteiger partial charge in [0.25, 0.3) is 0 Å². The van der Waals surface area contributed by atoms with Crippen molar-refractivity contribution < 1.29 is 14.6 Å². The Bertz CT molecular complexity index is 1070. The summed E-state index contributed by atoms with van der Waals surface area (Å²) in [5.41, 5.74) is 9.41. The van der Waals surface area contributed by atoms with Crippen LogP contribution in [0.4, 0.5) is 10.7 Å². The van der Waals surface area contributed by atoms with E-state index in [2.05, 4.69) is 34.2 Å². The highest BCUT2D eigenvalue weighted by molar-refractivity contribution is 6.32. The molecule has 1 amide bonds. The van der Waals surface area contributed by atoms with Gasteiger partial charge < -0.3 is 20.9 Å². The van der Waals surface area contributed by atoms with Gasteiger partial charge in [-0.1, -0.05) is 25.4 Å². The molecule has 3 heterocycles. The number of hydrogen-bond donors (Lipinski definition) is 3. The number of aliphatic hydroxyl groups is 1. The summed E-state index contributed by atoms with van der Waals surface area (Å²) in [5, 5.41) is 16.5. The number of carbonyl (C=O) groups excluding carboxylic acids is 1. The van der Waals surface area contributed by atoms with Crippen molar-refractivity contribution in [2.75, 3.05) is 12.8 Å². The lowest BCUT2D eigenvalue weighted by Crippen LogP contribution is -2.31. The van der Waals surface area contributed by atoms with Gasteiger partial charge in [0, 0.05) is 30.8 Å². The fourth-order valence-electron chi connectivity index (χ4n) is 3.61. The molecule has 3 aromatic heterocycles. The maximum absolute atomic E-state index is 10.8. The highest BCUT2D eigenvalue weighted by Crippen LogP contribution is 2.29. The first-order valence-corrected chi connectivity index (χ1v) is 11.0. The maximum Gasteiger partial charge on any atom is 0.407 e. The number of nitrogens with one attached hydrogen (secondary N) is 1. The van der Waals surface area contributed by atoms with Crippen LogP contribution in [-0.4, -0.2) is 50.0 Å². The molecular formula is C22H29ClN6O3. The Morgan fingerprint density at radius 1 is 1.38 bits per heavy atom. The lowest BCUT2D eigenvalue weighted by Gasteiger charge is -2.25. The molecule has 1 fully saturated rings. The molecule has 32 heavy (non-hydrogen) atoms. The van der Waals surface area contributed by atoms with Crippen LogP contribution in [0.3, 0.4) is 0 Å². The fourth-order valence-corrected chi connectivity index (χ4v) is 3.81. The summed E-state index contributed by atoms with van der Waals surface area (Å²) in [4.78, 5) is 18.9. The molecule has 1 aliphatic rings. The largest absolute Gasteiger partial charge is 0.446 e. The molecule has 2 unspecified atom stereocenters. The van der Waals surface area contributed by atoms with Gasteiger partial charge in [0.1, 0.15) is 6.10 Å². The van der Waals surface area contributed by atoms with Crippen LogP contribution in [0, 0.1) is 0 Å². The Kier molecular flexibility index (Phi) is 7.87. The van der Waals surface area contributed by atoms with Gasteiger partial charge in [0.2, 0.25) is 5.95 Å². The van der Waals surface area contributed by atoms with E-state index in [0.717, 1.165) is 30.3 Å². The standard InChI is InChI=1S/C14H14ClN5.C8H15NO3/c1-8(2)10-6-18-20-4-3-9(5-12(10)20)13-11(15)7-17-14(16)19-13;1-9-8(11)12-7-4-2-3-6(10)5-7/h3-8H,1-2H3,(H2,16,17,19);6-7,10H,2-5H2,1H3,(H,9,11). The Morgan fingerprint density at radius 2 is 2.16 bits per heavy atom. The summed E-state index contributed by atoms with van der Waals surface area (Å²) in [6, 6.07) is 3.94. The summed E-state index contributed by atoms with van der Waals surface area (Å²) in [5.74, 6) is 0.607. The van der Waals surface area contributed by atoms with Gasteiger partial charge in [0.05, 0.1) is 34.7 Å². The predicted molar refractivity (Wildman–Crippen MR) is 124 cm³/mol. The van der Waals surface area contributed by atoms with Crippen LogP contribution in [0.5, 0.6) is 0 Å². The van der Waals surface area contributed by atoms with Crippen molar-refractivity contribution in [2.24, 2.45) is 0 Å². The number of aliphatic hydroxyl groups excluding tert-OH is 1. The van der Waals surface area contributed by atoms with Crippen molar-refractivity contribution in [3.05, 3.63) is 41.3 Å². The van der Waals surface area contributed by atoms with Gasteiger partial charge in [-0.3, -0.25) is 0 Å². The average molecular weight is 461 g/mol. The first-order chi connectivity index (χ1) is 15.3. The topological polar surface area (TPSA) is 128 Å². The number of nitrogens with two attached hydrogens (primary N) is 1. The van der Waals surface area contributed by atoms with Crippen LogP contribution in [0.1, 0.15) is 51.0 Å². The molecule has 9 nitrogen and oxygen atoms in total. The maximum atomic E-state index is 10.8. The van der Waals surface area contributed by atoms with Crippen molar-refractivity contribution in [2.45, 2.75) is 57.7 Å². The van der Waals surface area contributed by atoms with Crippen molar-refractivity contribution in [1.29, 1.82) is 0 Å². The molecular weight excluding hydrogens is 432 g/mol. The van der Waals surface area contributed by atoms with Crippen molar-refractivity contribution >= 4 is 29.2 Å². The zero-order valence-corrected chi connectivity index (χ0v) is 19.2. The van der Waals surface area contributed by atoms with Gasteiger partial charge >= 0.3 is 6.09 Å². The van der Waals surface area contributed by atoms with E-state index < -0.39 is 6.09 Å². The molecule has 4 rings (SSSR count). The van der Waals surface area contributed by atoms with Gasteiger partial charge in [-0.2, -0.15) is 5.10 Å². The zero-order chi connectivity index (χ0) is 23.3. The Morgan fingerprint density at radius 3 is 2.84 bits per heavy atom. The number of rotatable bonds is 3. The molecule has 1 aliphatic carbocycles. The van der Waals surface area contributed by atoms with Crippen molar-refractivity contribution in [3.63, 3.8) is 0 Å². The fraction of sp³-hybridized carbons (Fsp3) is 0.455. The van der Waals surface area contributed by atoms with E-state index in [0.29, 0.717) is 23.1 Å². The Balaban J connectivity index is 0.000000207. The lowest BCUT2D eigenvalue weighted by atomic mass is 9.95. The van der Waals surface area contributed by atoms with Gasteiger partial charge in [-0.25, -0.2) is 19.3 Å². The van der Waals surface area contributed by atoms with E-state index in [1.807, 2.05) is 29.0 Å². The van der Waals surface area contributed by atoms with Crippen LogP contribution >= 0.6 is 11.6 Å². The van der Waals surface area contributed by atoms with Crippen molar-refractivity contribution in [1.82, 2.24) is 24.9 Å². The summed E-state index contributed by atoms with van der Waals surface area (Å²) >= 11 is 6.16. The van der Waals surface area contributed by atoms with Crippen LogP contribution in [0.15, 0.2) is 30.7 Å². The summed E-state index contributed by atoms with van der Waals surface area (Å²) in [6.07, 6.45) is 7.69. The van der Waals surface area contributed by atoms with E-state index in [1.54, 1.807) is 0 Å². The molecule has 4 N–H and O–H groups in total. The third-order valence-electron chi connectivity index (χ3n) is 5.29. The summed E-state index contributed by atoms with van der Waals surface area (Å²) in [6.45, 7) is 4.28. The van der Waals surface area contributed by atoms with E-state index in [9.17, 15) is 9.90 Å². The molecule has 0 spiro atoms. The Labute approximate surface area is 192 Å². The van der Waals surface area contributed by atoms with E-state index in [4.69, 9.17) is 22.1 Å². The molecule has 0 aromatic carbocycles. The molecule has 2 atom stereocenters. The third kappa shape index (κ3) is 5.86. The summed E-state index contributed by atoms with van der Waals surface area (Å²) < 4.78 is 6.85. The normalized spacial score (nSPS) is 18.2. The van der Waals surface area contributed by atoms with Gasteiger partial charge in [-0.05, 0) is 37.3 Å². The number of halogens is 1. The van der Waals surface area contributed by atoms with Crippen LogP contribution in [-0.2, 0) is 4.74 Å². The first-order valence-electron chi connectivity index (χ1n) is 10.6. The first kappa shape index (κ1) is 23.7. The number of pyridine rings is 1. The number of carbonyl (C=O) groups is 1. The molecule has 0 aliphatic heterocycles. The number of anilines is 1. The third-order valence-corrected chi connectivity index (χ3v) is 5.56. The van der Waals surface area contributed by atoms with Crippen LogP contribution in [0.25, 0.3) is 16.8 Å². The summed E-state index contributed by atoms with van der Waals surface area (Å²) in [7, 11) is 1.53. The minimum atomic E-state index is -0.408. The van der Waals surface area contributed by atoms with E-state index in [-0.39, 0.29) is 18.2 Å². The molecule has 10 heteroatoms. The molecule has 3 aromatic rings. The second-order valence-corrected chi connectivity index (χ2v) is 8.43. The van der Waals surface area contributed by atoms with Crippen molar-refractivity contribution in [3.8, 4) is 11.3 Å². The smallest absolute Gasteiger partial charge is 0.407 e. The van der Waals surface area contributed by atoms with E-state index >= 15 is 0 Å². The SMILES string of the molecule is CC(C)c1cnn2ccc(-c3nc(N)ncc3Cl)cc12.CNC(=O)OC1CCCC(O)C1. The Hall–Kier alpha value is -2.91. The number of aromatic nitrogens is 4. The number of alkyl carbamates (subject to hydrolysis) is 1. The minimum absolute atomic E-state index is 0.103. The minimum Gasteiger partial charge on any atom is -0.446 e. The highest BCUT2D eigenvalue weighted by atomic mass is 35.5. The average Bonchev–Trinajstić information content (AvgIpc) is 3.19. The number of fused-ring (bicyclic) bond motifs is 1. The van der Waals surface area contributed by atoms with Gasteiger partial charge in [-0.15, -0.1) is 0 Å². The molecule has 0 saturated heterocycles. The quantitative estimate of drug-likeness (QED) is 0.542. The highest BCUT2D eigenvalue weighted by Gasteiger charge is 2.22. The predicted octanol–water partition coefficient (Wildman–Crippen LogP) is 3.80. The van der Waals surface area contributed by atoms with Crippen LogP contribution < -0.4 is 11.1 Å². The molecule has 172 valence electrons. The van der Waals surface area contributed by atoms with Crippen LogP contribution in [0.2, 0.25) is 5.02 Å². The number of amides is 1. The number of ether oxygens (including phenoxy) is 1. The van der Waals surface area contributed by atoms with Gasteiger partial charge in [0.15, 0.2) is 0 Å². The lowest BCUT2D eigenvalue weighted by molar-refractivity contribution is 0.0237.